The van der Waals surface area contributed by atoms with E-state index in [2.05, 4.69) is 15.1 Å². The van der Waals surface area contributed by atoms with Crippen LogP contribution in [-0.4, -0.2) is 54.3 Å². The van der Waals surface area contributed by atoms with Crippen LogP contribution in [0.3, 0.4) is 0 Å². The third-order valence-electron chi connectivity index (χ3n) is 4.69. The Balaban J connectivity index is 1.42. The molecular weight excluding hydrogens is 380 g/mol. The lowest BCUT2D eigenvalue weighted by atomic mass is 10.2. The molecule has 0 spiro atoms. The van der Waals surface area contributed by atoms with Crippen molar-refractivity contribution >= 4 is 23.2 Å². The van der Waals surface area contributed by atoms with Crippen LogP contribution in [-0.2, 0) is 0 Å². The molecule has 0 radical (unpaired) electrons. The molecule has 1 fully saturated rings. The van der Waals surface area contributed by atoms with Gasteiger partial charge in [0.15, 0.2) is 0 Å². The van der Waals surface area contributed by atoms with Gasteiger partial charge in [-0.3, -0.25) is 4.79 Å². The molecule has 1 aliphatic rings. The summed E-state index contributed by atoms with van der Waals surface area (Å²) in [6.07, 6.45) is 0. The molecule has 3 aromatic rings. The first kappa shape index (κ1) is 18.3. The number of halogens is 1. The number of carbonyl (C=O) groups is 1. The first-order valence-corrected chi connectivity index (χ1v) is 9.30. The second-order valence-electron chi connectivity index (χ2n) is 6.37. The maximum Gasteiger partial charge on any atom is 0.311 e. The molecule has 2 heterocycles. The van der Waals surface area contributed by atoms with Crippen molar-refractivity contribution in [1.29, 1.82) is 0 Å². The number of rotatable bonds is 4. The molecule has 0 N–H and O–H groups in total. The number of carbonyl (C=O) groups excluding carboxylic acids is 1. The number of hydrogen-bond donors (Lipinski definition) is 0. The number of aromatic nitrogens is 2. The van der Waals surface area contributed by atoms with Crippen molar-refractivity contribution in [3.8, 4) is 17.2 Å². The molecule has 28 heavy (non-hydrogen) atoms. The van der Waals surface area contributed by atoms with E-state index in [1.807, 2.05) is 24.3 Å². The molecule has 7 nitrogen and oxygen atoms in total. The molecule has 1 aromatic heterocycles. The molecule has 0 bridgehead atoms. The predicted molar refractivity (Wildman–Crippen MR) is 106 cm³/mol. The van der Waals surface area contributed by atoms with Gasteiger partial charge in [0.1, 0.15) is 5.75 Å². The first-order chi connectivity index (χ1) is 13.7. The summed E-state index contributed by atoms with van der Waals surface area (Å²) < 4.78 is 11.0. The molecule has 0 unspecified atom stereocenters. The zero-order valence-corrected chi connectivity index (χ0v) is 16.1. The Morgan fingerprint density at radius 2 is 1.75 bits per heavy atom. The van der Waals surface area contributed by atoms with Crippen LogP contribution in [0.1, 0.15) is 10.7 Å². The van der Waals surface area contributed by atoms with Gasteiger partial charge in [-0.15, -0.1) is 10.2 Å². The second-order valence-corrected chi connectivity index (χ2v) is 6.81. The summed E-state index contributed by atoms with van der Waals surface area (Å²) in [4.78, 5) is 16.7. The topological polar surface area (TPSA) is 71.7 Å². The highest BCUT2D eigenvalue weighted by Gasteiger charge is 2.27. The Hall–Kier alpha value is -3.06. The lowest BCUT2D eigenvalue weighted by Gasteiger charge is -2.36. The maximum absolute atomic E-state index is 12.7. The Kier molecular flexibility index (Phi) is 5.16. The van der Waals surface area contributed by atoms with Crippen LogP contribution in [0.5, 0.6) is 5.75 Å². The number of benzene rings is 2. The molecule has 1 saturated heterocycles. The van der Waals surface area contributed by atoms with E-state index in [1.165, 1.54) is 0 Å². The van der Waals surface area contributed by atoms with Gasteiger partial charge < -0.3 is 19.0 Å². The van der Waals surface area contributed by atoms with E-state index in [0.717, 1.165) is 17.0 Å². The summed E-state index contributed by atoms with van der Waals surface area (Å²) in [6.45, 7) is 2.53. The molecule has 0 saturated carbocycles. The van der Waals surface area contributed by atoms with E-state index < -0.39 is 0 Å². The maximum atomic E-state index is 12.7. The van der Waals surface area contributed by atoms with Gasteiger partial charge in [0.05, 0.1) is 12.8 Å². The summed E-state index contributed by atoms with van der Waals surface area (Å²) in [5, 5.41) is 8.52. The standard InChI is InChI=1S/C20H19ClN4O3/c1-27-17-5-3-2-4-16(17)24-10-12-25(13-11-24)20(26)19-23-22-18(28-19)14-6-8-15(21)9-7-14/h2-9H,10-13H2,1H3. The number of para-hydroxylation sites is 2. The molecular formula is C20H19ClN4O3. The van der Waals surface area contributed by atoms with E-state index in [4.69, 9.17) is 20.8 Å². The van der Waals surface area contributed by atoms with E-state index in [0.29, 0.717) is 37.1 Å². The van der Waals surface area contributed by atoms with Crippen molar-refractivity contribution in [2.75, 3.05) is 38.2 Å². The Bertz CT molecular complexity index is 966. The SMILES string of the molecule is COc1ccccc1N1CCN(C(=O)c2nnc(-c3ccc(Cl)cc3)o2)CC1. The molecule has 2 aromatic carbocycles. The van der Waals surface area contributed by atoms with Crippen LogP contribution < -0.4 is 9.64 Å². The highest BCUT2D eigenvalue weighted by molar-refractivity contribution is 6.30. The third kappa shape index (κ3) is 3.66. The quantitative estimate of drug-likeness (QED) is 0.671. The van der Waals surface area contributed by atoms with Gasteiger partial charge in [-0.25, -0.2) is 0 Å². The number of methoxy groups -OCH3 is 1. The largest absolute Gasteiger partial charge is 0.495 e. The van der Waals surface area contributed by atoms with Crippen molar-refractivity contribution in [3.05, 3.63) is 59.4 Å². The lowest BCUT2D eigenvalue weighted by Crippen LogP contribution is -2.49. The van der Waals surface area contributed by atoms with Gasteiger partial charge in [-0.1, -0.05) is 23.7 Å². The monoisotopic (exact) mass is 398 g/mol. The molecule has 0 atom stereocenters. The molecule has 144 valence electrons. The Morgan fingerprint density at radius 3 is 2.46 bits per heavy atom. The van der Waals surface area contributed by atoms with Crippen molar-refractivity contribution in [2.24, 2.45) is 0 Å². The predicted octanol–water partition coefficient (Wildman–Crippen LogP) is 3.36. The van der Waals surface area contributed by atoms with Crippen LogP contribution in [0, 0.1) is 0 Å². The minimum atomic E-state index is -0.257. The number of nitrogens with zero attached hydrogens (tertiary/aromatic N) is 4. The van der Waals surface area contributed by atoms with Crippen molar-refractivity contribution < 1.29 is 13.9 Å². The van der Waals surface area contributed by atoms with Gasteiger partial charge in [0.25, 0.3) is 0 Å². The Morgan fingerprint density at radius 1 is 1.04 bits per heavy atom. The van der Waals surface area contributed by atoms with Crippen LogP contribution in [0.4, 0.5) is 5.69 Å². The van der Waals surface area contributed by atoms with E-state index in [1.54, 1.807) is 36.3 Å². The highest BCUT2D eigenvalue weighted by Crippen LogP contribution is 2.28. The average Bonchev–Trinajstić information content (AvgIpc) is 3.24. The molecule has 1 aliphatic heterocycles. The molecule has 0 aliphatic carbocycles. The fourth-order valence-electron chi connectivity index (χ4n) is 3.20. The smallest absolute Gasteiger partial charge is 0.311 e. The van der Waals surface area contributed by atoms with Gasteiger partial charge in [-0.2, -0.15) is 0 Å². The molecule has 4 rings (SSSR count). The van der Waals surface area contributed by atoms with E-state index in [-0.39, 0.29) is 11.8 Å². The van der Waals surface area contributed by atoms with E-state index >= 15 is 0 Å². The Labute approximate surface area is 167 Å². The minimum Gasteiger partial charge on any atom is -0.495 e. The van der Waals surface area contributed by atoms with Gasteiger partial charge >= 0.3 is 11.8 Å². The fourth-order valence-corrected chi connectivity index (χ4v) is 3.32. The lowest BCUT2D eigenvalue weighted by molar-refractivity contribution is 0.0707. The number of piperazine rings is 1. The normalized spacial score (nSPS) is 14.2. The zero-order valence-electron chi connectivity index (χ0n) is 15.3. The van der Waals surface area contributed by atoms with Crippen LogP contribution in [0.2, 0.25) is 5.02 Å². The van der Waals surface area contributed by atoms with E-state index in [9.17, 15) is 4.79 Å². The van der Waals surface area contributed by atoms with Crippen LogP contribution in [0.15, 0.2) is 52.9 Å². The number of amides is 1. The second kappa shape index (κ2) is 7.90. The summed E-state index contributed by atoms with van der Waals surface area (Å²) in [5.41, 5.74) is 1.75. The summed E-state index contributed by atoms with van der Waals surface area (Å²) >= 11 is 5.89. The number of anilines is 1. The van der Waals surface area contributed by atoms with Crippen molar-refractivity contribution in [2.45, 2.75) is 0 Å². The van der Waals surface area contributed by atoms with Crippen LogP contribution >= 0.6 is 11.6 Å². The zero-order chi connectivity index (χ0) is 19.5. The summed E-state index contributed by atoms with van der Waals surface area (Å²) in [7, 11) is 1.66. The minimum absolute atomic E-state index is 0.00399. The van der Waals surface area contributed by atoms with Gasteiger partial charge in [0.2, 0.25) is 5.89 Å². The fraction of sp³-hybridized carbons (Fsp3) is 0.250. The average molecular weight is 399 g/mol. The summed E-state index contributed by atoms with van der Waals surface area (Å²) in [6, 6.07) is 14.9. The highest BCUT2D eigenvalue weighted by atomic mass is 35.5. The van der Waals surface area contributed by atoms with Gasteiger partial charge in [-0.05, 0) is 36.4 Å². The number of ether oxygens (including phenoxy) is 1. The van der Waals surface area contributed by atoms with Crippen molar-refractivity contribution in [1.82, 2.24) is 15.1 Å². The van der Waals surface area contributed by atoms with Gasteiger partial charge in [0, 0.05) is 36.8 Å². The number of hydrogen-bond acceptors (Lipinski definition) is 6. The molecule has 8 heteroatoms. The first-order valence-electron chi connectivity index (χ1n) is 8.92. The van der Waals surface area contributed by atoms with Crippen molar-refractivity contribution in [3.63, 3.8) is 0 Å². The third-order valence-corrected chi connectivity index (χ3v) is 4.94. The summed E-state index contributed by atoms with van der Waals surface area (Å²) in [5.74, 6) is 0.863. The van der Waals surface area contributed by atoms with Crippen LogP contribution in [0.25, 0.3) is 11.5 Å². The molecule has 1 amide bonds.